The number of anilines is 1. The zero-order chi connectivity index (χ0) is 15.0. The summed E-state index contributed by atoms with van der Waals surface area (Å²) in [5.74, 6) is 0.133. The van der Waals surface area contributed by atoms with Crippen molar-refractivity contribution >= 4 is 27.5 Å². The number of carbonyl (C=O) groups excluding carboxylic acids is 1. The number of carbonyl (C=O) groups is 1. The molecule has 0 aromatic heterocycles. The Morgan fingerprint density at radius 1 is 1.19 bits per heavy atom. The fraction of sp³-hybridized carbons (Fsp3) is 0.588. The van der Waals surface area contributed by atoms with Gasteiger partial charge in [-0.25, -0.2) is 0 Å². The minimum absolute atomic E-state index is 0.133. The van der Waals surface area contributed by atoms with E-state index in [-0.39, 0.29) is 5.91 Å². The molecule has 21 heavy (non-hydrogen) atoms. The van der Waals surface area contributed by atoms with E-state index in [1.807, 2.05) is 24.0 Å². The topological polar surface area (TPSA) is 46.3 Å². The number of hydrogen-bond donors (Lipinski definition) is 1. The van der Waals surface area contributed by atoms with Crippen molar-refractivity contribution in [2.75, 3.05) is 18.8 Å². The molecule has 2 N–H and O–H groups in total. The van der Waals surface area contributed by atoms with E-state index in [1.165, 1.54) is 38.5 Å². The van der Waals surface area contributed by atoms with Crippen LogP contribution in [0, 0.1) is 12.3 Å². The quantitative estimate of drug-likeness (QED) is 0.773. The molecule has 0 atom stereocenters. The molecule has 2 aliphatic rings. The molecule has 1 aromatic rings. The number of benzene rings is 1. The molecule has 1 saturated heterocycles. The Labute approximate surface area is 135 Å². The van der Waals surface area contributed by atoms with E-state index < -0.39 is 0 Å². The Hall–Kier alpha value is -1.03. The van der Waals surface area contributed by atoms with Crippen LogP contribution in [-0.2, 0) is 0 Å². The zero-order valence-electron chi connectivity index (χ0n) is 12.6. The van der Waals surface area contributed by atoms with Crippen LogP contribution in [0.4, 0.5) is 5.69 Å². The molecule has 0 bridgehead atoms. The SMILES string of the molecule is Cc1c(N)cc(Br)cc1C(=O)N1CCC2(CCCC2)CC1. The number of nitrogen functional groups attached to an aromatic ring is 1. The van der Waals surface area contributed by atoms with E-state index in [1.54, 1.807) is 0 Å². The molecule has 2 fully saturated rings. The van der Waals surface area contributed by atoms with Gasteiger partial charge in [0.2, 0.25) is 0 Å². The molecule has 1 saturated carbocycles. The van der Waals surface area contributed by atoms with Gasteiger partial charge in [-0.1, -0.05) is 28.8 Å². The van der Waals surface area contributed by atoms with Crippen molar-refractivity contribution in [2.45, 2.75) is 45.4 Å². The van der Waals surface area contributed by atoms with Crippen LogP contribution in [0.3, 0.4) is 0 Å². The Kier molecular flexibility index (Phi) is 4.00. The minimum Gasteiger partial charge on any atom is -0.398 e. The summed E-state index contributed by atoms with van der Waals surface area (Å²) in [5.41, 5.74) is 8.84. The fourth-order valence-electron chi connectivity index (χ4n) is 3.90. The second-order valence-corrected chi connectivity index (χ2v) is 7.58. The van der Waals surface area contributed by atoms with Crippen molar-refractivity contribution in [3.05, 3.63) is 27.7 Å². The molecule has 1 amide bonds. The highest BCUT2D eigenvalue weighted by Crippen LogP contribution is 2.46. The summed E-state index contributed by atoms with van der Waals surface area (Å²) in [4.78, 5) is 14.8. The average molecular weight is 351 g/mol. The summed E-state index contributed by atoms with van der Waals surface area (Å²) >= 11 is 3.44. The molecule has 3 nitrogen and oxygen atoms in total. The van der Waals surface area contributed by atoms with E-state index in [4.69, 9.17) is 5.73 Å². The number of halogens is 1. The van der Waals surface area contributed by atoms with Gasteiger partial charge in [0.15, 0.2) is 0 Å². The highest BCUT2D eigenvalue weighted by Gasteiger charge is 2.38. The van der Waals surface area contributed by atoms with Gasteiger partial charge in [-0.15, -0.1) is 0 Å². The van der Waals surface area contributed by atoms with Gasteiger partial charge in [-0.3, -0.25) is 4.79 Å². The largest absolute Gasteiger partial charge is 0.398 e. The van der Waals surface area contributed by atoms with Crippen LogP contribution in [0.25, 0.3) is 0 Å². The third kappa shape index (κ3) is 2.83. The molecule has 1 aliphatic carbocycles. The molecule has 0 radical (unpaired) electrons. The second-order valence-electron chi connectivity index (χ2n) is 6.67. The van der Waals surface area contributed by atoms with Crippen LogP contribution in [0.5, 0.6) is 0 Å². The molecule has 114 valence electrons. The van der Waals surface area contributed by atoms with Crippen LogP contribution in [-0.4, -0.2) is 23.9 Å². The van der Waals surface area contributed by atoms with Gasteiger partial charge in [0.25, 0.3) is 5.91 Å². The first-order chi connectivity index (χ1) is 10.0. The summed E-state index contributed by atoms with van der Waals surface area (Å²) in [6.45, 7) is 3.72. The first-order valence-electron chi connectivity index (χ1n) is 7.86. The highest BCUT2D eigenvalue weighted by atomic mass is 79.9. The molecule has 1 spiro atoms. The third-order valence-electron chi connectivity index (χ3n) is 5.42. The Balaban J connectivity index is 1.75. The number of likely N-dealkylation sites (tertiary alicyclic amines) is 1. The maximum Gasteiger partial charge on any atom is 0.254 e. The second kappa shape index (κ2) is 5.64. The van der Waals surface area contributed by atoms with E-state index in [0.29, 0.717) is 11.1 Å². The smallest absolute Gasteiger partial charge is 0.254 e. The van der Waals surface area contributed by atoms with E-state index >= 15 is 0 Å². The normalized spacial score (nSPS) is 21.0. The fourth-order valence-corrected chi connectivity index (χ4v) is 4.38. The van der Waals surface area contributed by atoms with Crippen LogP contribution in [0.2, 0.25) is 0 Å². The number of hydrogen-bond acceptors (Lipinski definition) is 2. The predicted octanol–water partition coefficient (Wildman–Crippen LogP) is 4.14. The third-order valence-corrected chi connectivity index (χ3v) is 5.88. The molecule has 1 aliphatic heterocycles. The predicted molar refractivity (Wildman–Crippen MR) is 89.3 cm³/mol. The Bertz CT molecular complexity index is 554. The van der Waals surface area contributed by atoms with Gasteiger partial charge in [0, 0.05) is 28.8 Å². The maximum absolute atomic E-state index is 12.8. The van der Waals surface area contributed by atoms with Gasteiger partial charge in [0.05, 0.1) is 0 Å². The molecular weight excluding hydrogens is 328 g/mol. The Morgan fingerprint density at radius 3 is 2.43 bits per heavy atom. The van der Waals surface area contributed by atoms with Gasteiger partial charge >= 0.3 is 0 Å². The molecule has 1 aromatic carbocycles. The van der Waals surface area contributed by atoms with Crippen molar-refractivity contribution in [3.63, 3.8) is 0 Å². The Morgan fingerprint density at radius 2 is 1.81 bits per heavy atom. The lowest BCUT2D eigenvalue weighted by molar-refractivity contribution is 0.0587. The van der Waals surface area contributed by atoms with Gasteiger partial charge in [-0.2, -0.15) is 0 Å². The summed E-state index contributed by atoms with van der Waals surface area (Å²) in [6, 6.07) is 3.75. The van der Waals surface area contributed by atoms with E-state index in [0.717, 1.165) is 28.7 Å². The van der Waals surface area contributed by atoms with Crippen LogP contribution in [0.15, 0.2) is 16.6 Å². The molecule has 3 rings (SSSR count). The van der Waals surface area contributed by atoms with Crippen molar-refractivity contribution in [2.24, 2.45) is 5.41 Å². The summed E-state index contributed by atoms with van der Waals surface area (Å²) < 4.78 is 0.873. The van der Waals surface area contributed by atoms with Gasteiger partial charge in [0.1, 0.15) is 0 Å². The van der Waals surface area contributed by atoms with E-state index in [9.17, 15) is 4.79 Å². The lowest BCUT2D eigenvalue weighted by Crippen LogP contribution is -2.42. The lowest BCUT2D eigenvalue weighted by atomic mass is 9.77. The van der Waals surface area contributed by atoms with E-state index in [2.05, 4.69) is 15.9 Å². The maximum atomic E-state index is 12.8. The summed E-state index contributed by atoms with van der Waals surface area (Å²) in [7, 11) is 0. The van der Waals surface area contributed by atoms with Crippen LogP contribution in [0.1, 0.15) is 54.4 Å². The summed E-state index contributed by atoms with van der Waals surface area (Å²) in [5, 5.41) is 0. The van der Waals surface area contributed by atoms with Crippen LogP contribution >= 0.6 is 15.9 Å². The number of nitrogens with two attached hydrogens (primary N) is 1. The van der Waals surface area contributed by atoms with Gasteiger partial charge < -0.3 is 10.6 Å². The van der Waals surface area contributed by atoms with Crippen molar-refractivity contribution in [1.82, 2.24) is 4.90 Å². The number of amides is 1. The summed E-state index contributed by atoms with van der Waals surface area (Å²) in [6.07, 6.45) is 7.79. The number of rotatable bonds is 1. The first-order valence-corrected chi connectivity index (χ1v) is 8.65. The number of nitrogens with zero attached hydrogens (tertiary/aromatic N) is 1. The number of piperidine rings is 1. The minimum atomic E-state index is 0.133. The molecule has 1 heterocycles. The lowest BCUT2D eigenvalue weighted by Gasteiger charge is -2.39. The van der Waals surface area contributed by atoms with Crippen molar-refractivity contribution < 1.29 is 4.79 Å². The zero-order valence-corrected chi connectivity index (χ0v) is 14.2. The highest BCUT2D eigenvalue weighted by molar-refractivity contribution is 9.10. The molecular formula is C17H23BrN2O. The molecule has 0 unspecified atom stereocenters. The first kappa shape index (κ1) is 14.9. The molecule has 4 heteroatoms. The monoisotopic (exact) mass is 350 g/mol. The van der Waals surface area contributed by atoms with Crippen LogP contribution < -0.4 is 5.73 Å². The standard InChI is InChI=1S/C17H23BrN2O/c1-12-14(10-13(18)11-15(12)19)16(21)20-8-6-17(7-9-20)4-2-3-5-17/h10-11H,2-9,19H2,1H3. The van der Waals surface area contributed by atoms with Crippen molar-refractivity contribution in [3.8, 4) is 0 Å². The van der Waals surface area contributed by atoms with Crippen molar-refractivity contribution in [1.29, 1.82) is 0 Å². The van der Waals surface area contributed by atoms with Gasteiger partial charge in [-0.05, 0) is 55.7 Å². The average Bonchev–Trinajstić information content (AvgIpc) is 2.91.